The average molecular weight is 287 g/mol. The van der Waals surface area contributed by atoms with E-state index in [4.69, 9.17) is 16.7 Å². The second-order valence-corrected chi connectivity index (χ2v) is 4.97. The van der Waals surface area contributed by atoms with Gasteiger partial charge in [0.25, 0.3) is 0 Å². The summed E-state index contributed by atoms with van der Waals surface area (Å²) < 4.78 is 13.0. The summed E-state index contributed by atoms with van der Waals surface area (Å²) >= 11 is 5.74. The number of amides is 1. The summed E-state index contributed by atoms with van der Waals surface area (Å²) in [6, 6.07) is 4.71. The molecule has 19 heavy (non-hydrogen) atoms. The second kappa shape index (κ2) is 6.32. The Hall–Kier alpha value is -1.17. The van der Waals surface area contributed by atoms with E-state index in [1.165, 1.54) is 6.07 Å². The molecule has 0 atom stereocenters. The molecule has 1 aliphatic rings. The zero-order valence-corrected chi connectivity index (χ0v) is 11.2. The third-order valence-electron chi connectivity index (χ3n) is 3.25. The first kappa shape index (κ1) is 14.2. The number of nitrogens with zero attached hydrogens (tertiary/aromatic N) is 2. The minimum atomic E-state index is -0.437. The van der Waals surface area contributed by atoms with Crippen LogP contribution >= 0.6 is 11.6 Å². The molecule has 0 radical (unpaired) electrons. The number of hydrogen-bond donors (Lipinski definition) is 1. The van der Waals surface area contributed by atoms with Gasteiger partial charge >= 0.3 is 0 Å². The summed E-state index contributed by atoms with van der Waals surface area (Å²) in [7, 11) is 0. The molecule has 1 saturated heterocycles. The van der Waals surface area contributed by atoms with Crippen molar-refractivity contribution in [1.82, 2.24) is 9.80 Å². The van der Waals surface area contributed by atoms with Crippen molar-refractivity contribution in [3.05, 3.63) is 34.6 Å². The third kappa shape index (κ3) is 3.65. The summed E-state index contributed by atoms with van der Waals surface area (Å²) in [5.74, 6) is -0.645. The molecule has 0 aliphatic carbocycles. The van der Waals surface area contributed by atoms with Crippen LogP contribution in [0.1, 0.15) is 5.56 Å². The number of piperazine rings is 1. The van der Waals surface area contributed by atoms with Gasteiger partial charge in [0.15, 0.2) is 0 Å². The van der Waals surface area contributed by atoms with Crippen molar-refractivity contribution in [1.29, 1.82) is 0 Å². The number of carbonyl (C=O) groups excluding carboxylic acids is 1. The van der Waals surface area contributed by atoms with Crippen LogP contribution in [-0.4, -0.2) is 53.6 Å². The van der Waals surface area contributed by atoms with E-state index in [1.807, 2.05) is 0 Å². The van der Waals surface area contributed by atoms with E-state index in [9.17, 15) is 9.18 Å². The van der Waals surface area contributed by atoms with E-state index in [1.54, 1.807) is 17.0 Å². The van der Waals surface area contributed by atoms with Gasteiger partial charge in [-0.05, 0) is 17.7 Å². The van der Waals surface area contributed by atoms with E-state index < -0.39 is 12.4 Å². The predicted molar refractivity (Wildman–Crippen MR) is 70.4 cm³/mol. The van der Waals surface area contributed by atoms with Crippen LogP contribution < -0.4 is 0 Å². The van der Waals surface area contributed by atoms with Gasteiger partial charge in [0.2, 0.25) is 5.91 Å². The molecular weight excluding hydrogens is 271 g/mol. The van der Waals surface area contributed by atoms with Gasteiger partial charge in [-0.25, -0.2) is 4.39 Å². The largest absolute Gasteiger partial charge is 0.387 e. The van der Waals surface area contributed by atoms with Gasteiger partial charge < -0.3 is 10.0 Å². The van der Waals surface area contributed by atoms with E-state index in [0.717, 1.165) is 18.7 Å². The smallest absolute Gasteiger partial charge is 0.248 e. The van der Waals surface area contributed by atoms with Gasteiger partial charge in [0, 0.05) is 32.7 Å². The molecule has 0 spiro atoms. The Kier molecular flexibility index (Phi) is 4.74. The second-order valence-electron chi connectivity index (χ2n) is 4.56. The van der Waals surface area contributed by atoms with E-state index in [0.29, 0.717) is 19.6 Å². The van der Waals surface area contributed by atoms with Crippen molar-refractivity contribution < 1.29 is 14.3 Å². The van der Waals surface area contributed by atoms with Crippen molar-refractivity contribution in [2.24, 2.45) is 0 Å². The van der Waals surface area contributed by atoms with Crippen LogP contribution in [0.2, 0.25) is 5.02 Å². The Morgan fingerprint density at radius 3 is 2.58 bits per heavy atom. The normalized spacial score (nSPS) is 16.7. The SMILES string of the molecule is O=C(CO)N1CCN(Cc2ccc(F)c(Cl)c2)CC1. The lowest BCUT2D eigenvalue weighted by Crippen LogP contribution is -2.49. The average Bonchev–Trinajstić information content (AvgIpc) is 2.43. The molecule has 0 bridgehead atoms. The van der Waals surface area contributed by atoms with Crippen LogP contribution in [0.15, 0.2) is 18.2 Å². The van der Waals surface area contributed by atoms with E-state index in [-0.39, 0.29) is 10.9 Å². The van der Waals surface area contributed by atoms with Crippen molar-refractivity contribution in [2.45, 2.75) is 6.54 Å². The highest BCUT2D eigenvalue weighted by Crippen LogP contribution is 2.17. The molecule has 0 saturated carbocycles. The number of hydrogen-bond acceptors (Lipinski definition) is 3. The lowest BCUT2D eigenvalue weighted by atomic mass is 10.2. The first-order valence-electron chi connectivity index (χ1n) is 6.15. The third-order valence-corrected chi connectivity index (χ3v) is 3.54. The lowest BCUT2D eigenvalue weighted by molar-refractivity contribution is -0.135. The maximum absolute atomic E-state index is 13.0. The summed E-state index contributed by atoms with van der Waals surface area (Å²) in [6.07, 6.45) is 0. The van der Waals surface area contributed by atoms with Gasteiger partial charge in [-0.2, -0.15) is 0 Å². The molecule has 1 fully saturated rings. The van der Waals surface area contributed by atoms with Crippen LogP contribution in [0, 0.1) is 5.82 Å². The fourth-order valence-electron chi connectivity index (χ4n) is 2.15. The molecule has 1 heterocycles. The molecule has 104 valence electrons. The van der Waals surface area contributed by atoms with Crippen molar-refractivity contribution >= 4 is 17.5 Å². The standard InChI is InChI=1S/C13H16ClFN2O2/c14-11-7-10(1-2-12(11)15)8-16-3-5-17(6-4-16)13(19)9-18/h1-2,7,18H,3-6,8-9H2. The Bertz CT molecular complexity index is 462. The number of rotatable bonds is 3. The maximum atomic E-state index is 13.0. The number of benzene rings is 1. The van der Waals surface area contributed by atoms with Crippen molar-refractivity contribution in [3.63, 3.8) is 0 Å². The van der Waals surface area contributed by atoms with Gasteiger partial charge in [0.05, 0.1) is 5.02 Å². The molecule has 1 aliphatic heterocycles. The van der Waals surface area contributed by atoms with E-state index in [2.05, 4.69) is 4.90 Å². The molecule has 0 unspecified atom stereocenters. The summed E-state index contributed by atoms with van der Waals surface area (Å²) in [6.45, 7) is 2.93. The predicted octanol–water partition coefficient (Wildman–Crippen LogP) is 1.12. The maximum Gasteiger partial charge on any atom is 0.248 e. The molecular formula is C13H16ClFN2O2. The van der Waals surface area contributed by atoms with Gasteiger partial charge in [-0.15, -0.1) is 0 Å². The Labute approximate surface area is 116 Å². The highest BCUT2D eigenvalue weighted by atomic mass is 35.5. The summed E-state index contributed by atoms with van der Waals surface area (Å²) in [5, 5.41) is 8.92. The first-order chi connectivity index (χ1) is 9.10. The zero-order chi connectivity index (χ0) is 13.8. The van der Waals surface area contributed by atoms with E-state index >= 15 is 0 Å². The highest BCUT2D eigenvalue weighted by Gasteiger charge is 2.20. The fraction of sp³-hybridized carbons (Fsp3) is 0.462. The lowest BCUT2D eigenvalue weighted by Gasteiger charge is -2.34. The fourth-order valence-corrected chi connectivity index (χ4v) is 2.35. The van der Waals surface area contributed by atoms with Crippen molar-refractivity contribution in [2.75, 3.05) is 32.8 Å². The molecule has 6 heteroatoms. The number of halogens is 2. The molecule has 4 nitrogen and oxygen atoms in total. The number of aliphatic hydroxyl groups is 1. The molecule has 2 rings (SSSR count). The van der Waals surface area contributed by atoms with Crippen LogP contribution in [0.4, 0.5) is 4.39 Å². The summed E-state index contributed by atoms with van der Waals surface area (Å²) in [5.41, 5.74) is 0.952. The van der Waals surface area contributed by atoms with Crippen LogP contribution in [0.25, 0.3) is 0 Å². The van der Waals surface area contributed by atoms with Gasteiger partial charge in [-0.3, -0.25) is 9.69 Å². The quantitative estimate of drug-likeness (QED) is 0.905. The van der Waals surface area contributed by atoms with Gasteiger partial charge in [0.1, 0.15) is 12.4 Å². The topological polar surface area (TPSA) is 43.8 Å². The Balaban J connectivity index is 1.88. The molecule has 1 aromatic rings. The van der Waals surface area contributed by atoms with Gasteiger partial charge in [-0.1, -0.05) is 17.7 Å². The minimum absolute atomic E-state index is 0.131. The summed E-state index contributed by atoms with van der Waals surface area (Å²) in [4.78, 5) is 15.1. The molecule has 1 aromatic carbocycles. The monoisotopic (exact) mass is 286 g/mol. The molecule has 1 amide bonds. The Morgan fingerprint density at radius 2 is 2.00 bits per heavy atom. The molecule has 0 aromatic heterocycles. The van der Waals surface area contributed by atoms with Crippen LogP contribution in [0.5, 0.6) is 0 Å². The number of carbonyl (C=O) groups is 1. The minimum Gasteiger partial charge on any atom is -0.387 e. The van der Waals surface area contributed by atoms with Crippen LogP contribution in [0.3, 0.4) is 0 Å². The zero-order valence-electron chi connectivity index (χ0n) is 10.5. The molecule has 1 N–H and O–H groups in total. The number of aliphatic hydroxyl groups excluding tert-OH is 1. The van der Waals surface area contributed by atoms with Crippen molar-refractivity contribution in [3.8, 4) is 0 Å². The van der Waals surface area contributed by atoms with Crippen LogP contribution in [-0.2, 0) is 11.3 Å². The highest BCUT2D eigenvalue weighted by molar-refractivity contribution is 6.30. The Morgan fingerprint density at radius 1 is 1.32 bits per heavy atom. The first-order valence-corrected chi connectivity index (χ1v) is 6.53.